The SMILES string of the molecule is CCCNc1ccc(Cl)c(COC2CCCCC2CC)n1. The third-order valence-corrected chi connectivity index (χ3v) is 4.62. The Morgan fingerprint density at radius 3 is 2.86 bits per heavy atom. The number of hydrogen-bond donors (Lipinski definition) is 1. The molecule has 4 heteroatoms. The van der Waals surface area contributed by atoms with E-state index in [9.17, 15) is 0 Å². The van der Waals surface area contributed by atoms with Crippen molar-refractivity contribution in [1.29, 1.82) is 0 Å². The second-order valence-corrected chi connectivity index (χ2v) is 6.26. The Labute approximate surface area is 133 Å². The van der Waals surface area contributed by atoms with Crippen LogP contribution < -0.4 is 5.32 Å². The van der Waals surface area contributed by atoms with E-state index in [0.29, 0.717) is 23.7 Å². The van der Waals surface area contributed by atoms with Gasteiger partial charge in [-0.15, -0.1) is 0 Å². The highest BCUT2D eigenvalue weighted by atomic mass is 35.5. The van der Waals surface area contributed by atoms with Gasteiger partial charge >= 0.3 is 0 Å². The van der Waals surface area contributed by atoms with Gasteiger partial charge in [0.15, 0.2) is 0 Å². The third kappa shape index (κ3) is 4.86. The first-order valence-corrected chi connectivity index (χ1v) is 8.63. The van der Waals surface area contributed by atoms with Gasteiger partial charge in [0.05, 0.1) is 23.4 Å². The predicted molar refractivity (Wildman–Crippen MR) is 88.9 cm³/mol. The molecule has 0 bridgehead atoms. The van der Waals surface area contributed by atoms with E-state index in [1.807, 2.05) is 12.1 Å². The van der Waals surface area contributed by atoms with Crippen LogP contribution in [0.15, 0.2) is 12.1 Å². The second-order valence-electron chi connectivity index (χ2n) is 5.85. The van der Waals surface area contributed by atoms with Crippen molar-refractivity contribution in [2.45, 2.75) is 65.1 Å². The van der Waals surface area contributed by atoms with Crippen molar-refractivity contribution in [3.63, 3.8) is 0 Å². The quantitative estimate of drug-likeness (QED) is 0.766. The fraction of sp³-hybridized carbons (Fsp3) is 0.706. The Balaban J connectivity index is 1.94. The summed E-state index contributed by atoms with van der Waals surface area (Å²) in [5, 5.41) is 3.99. The molecule has 2 unspecified atom stereocenters. The maximum atomic E-state index is 6.25. The molecule has 1 aromatic heterocycles. The van der Waals surface area contributed by atoms with Crippen LogP contribution in [0.4, 0.5) is 5.82 Å². The third-order valence-electron chi connectivity index (χ3n) is 4.27. The topological polar surface area (TPSA) is 34.1 Å². The summed E-state index contributed by atoms with van der Waals surface area (Å²) in [7, 11) is 0. The van der Waals surface area contributed by atoms with Crippen LogP contribution in [0.5, 0.6) is 0 Å². The normalized spacial score (nSPS) is 22.2. The predicted octanol–water partition coefficient (Wildman–Crippen LogP) is 5.04. The van der Waals surface area contributed by atoms with Crippen molar-refractivity contribution in [3.05, 3.63) is 22.8 Å². The first kappa shape index (κ1) is 16.6. The molecule has 0 spiro atoms. The van der Waals surface area contributed by atoms with Crippen molar-refractivity contribution in [1.82, 2.24) is 4.98 Å². The molecule has 2 rings (SSSR count). The van der Waals surface area contributed by atoms with E-state index in [1.165, 1.54) is 32.1 Å². The van der Waals surface area contributed by atoms with Gasteiger partial charge in [0.2, 0.25) is 0 Å². The van der Waals surface area contributed by atoms with Gasteiger partial charge in [-0.1, -0.05) is 44.7 Å². The Hall–Kier alpha value is -0.800. The smallest absolute Gasteiger partial charge is 0.126 e. The van der Waals surface area contributed by atoms with Gasteiger partial charge in [0, 0.05) is 6.54 Å². The molecular weight excluding hydrogens is 284 g/mol. The molecule has 0 aromatic carbocycles. The molecule has 1 aromatic rings. The van der Waals surface area contributed by atoms with E-state index in [0.717, 1.165) is 24.5 Å². The van der Waals surface area contributed by atoms with Gasteiger partial charge in [-0.3, -0.25) is 0 Å². The molecule has 2 atom stereocenters. The first-order chi connectivity index (χ1) is 10.2. The summed E-state index contributed by atoms with van der Waals surface area (Å²) < 4.78 is 6.14. The standard InChI is InChI=1S/C17H27ClN2O/c1-3-11-19-17-10-9-14(18)15(20-17)12-21-16-8-6-5-7-13(16)4-2/h9-10,13,16H,3-8,11-12H2,1-2H3,(H,19,20). The maximum Gasteiger partial charge on any atom is 0.126 e. The highest BCUT2D eigenvalue weighted by Gasteiger charge is 2.24. The molecule has 21 heavy (non-hydrogen) atoms. The number of pyridine rings is 1. The van der Waals surface area contributed by atoms with E-state index >= 15 is 0 Å². The van der Waals surface area contributed by atoms with Gasteiger partial charge in [0.1, 0.15) is 5.82 Å². The Morgan fingerprint density at radius 2 is 2.10 bits per heavy atom. The molecule has 1 saturated carbocycles. The molecule has 1 aliphatic rings. The molecule has 3 nitrogen and oxygen atoms in total. The molecule has 1 N–H and O–H groups in total. The van der Waals surface area contributed by atoms with Crippen LogP contribution in [0, 0.1) is 5.92 Å². The van der Waals surface area contributed by atoms with Gasteiger partial charge in [0.25, 0.3) is 0 Å². The average molecular weight is 311 g/mol. The average Bonchev–Trinajstić information content (AvgIpc) is 2.53. The van der Waals surface area contributed by atoms with Crippen molar-refractivity contribution >= 4 is 17.4 Å². The zero-order valence-corrected chi connectivity index (χ0v) is 14.0. The minimum absolute atomic E-state index is 0.369. The number of hydrogen-bond acceptors (Lipinski definition) is 3. The van der Waals surface area contributed by atoms with E-state index in [4.69, 9.17) is 16.3 Å². The number of nitrogens with zero attached hydrogens (tertiary/aromatic N) is 1. The number of ether oxygens (including phenoxy) is 1. The van der Waals surface area contributed by atoms with Crippen LogP contribution in [-0.4, -0.2) is 17.6 Å². The van der Waals surface area contributed by atoms with Crippen LogP contribution in [0.3, 0.4) is 0 Å². The lowest BCUT2D eigenvalue weighted by molar-refractivity contribution is -0.0233. The Bertz CT molecular complexity index is 439. The number of anilines is 1. The van der Waals surface area contributed by atoms with Crippen molar-refractivity contribution in [2.24, 2.45) is 5.92 Å². The van der Waals surface area contributed by atoms with Crippen LogP contribution in [0.25, 0.3) is 0 Å². The number of aromatic nitrogens is 1. The largest absolute Gasteiger partial charge is 0.372 e. The van der Waals surface area contributed by atoms with Gasteiger partial charge in [-0.25, -0.2) is 4.98 Å². The molecule has 0 amide bonds. The minimum Gasteiger partial charge on any atom is -0.372 e. The molecule has 1 aliphatic carbocycles. The minimum atomic E-state index is 0.369. The lowest BCUT2D eigenvalue weighted by Gasteiger charge is -2.30. The summed E-state index contributed by atoms with van der Waals surface area (Å²) in [6.07, 6.45) is 7.73. The summed E-state index contributed by atoms with van der Waals surface area (Å²) in [6, 6.07) is 3.83. The number of rotatable bonds is 7. The molecule has 1 fully saturated rings. The van der Waals surface area contributed by atoms with Crippen molar-refractivity contribution < 1.29 is 4.74 Å². The van der Waals surface area contributed by atoms with Crippen molar-refractivity contribution in [3.8, 4) is 0 Å². The first-order valence-electron chi connectivity index (χ1n) is 8.25. The fourth-order valence-corrected chi connectivity index (χ4v) is 3.14. The second kappa shape index (κ2) is 8.60. The van der Waals surface area contributed by atoms with Gasteiger partial charge in [-0.2, -0.15) is 0 Å². The zero-order chi connectivity index (χ0) is 15.1. The van der Waals surface area contributed by atoms with E-state index in [1.54, 1.807) is 0 Å². The molecule has 118 valence electrons. The number of nitrogens with one attached hydrogen (secondary N) is 1. The van der Waals surface area contributed by atoms with E-state index in [-0.39, 0.29) is 0 Å². The molecule has 0 radical (unpaired) electrons. The summed E-state index contributed by atoms with van der Waals surface area (Å²) >= 11 is 6.25. The van der Waals surface area contributed by atoms with Gasteiger partial charge < -0.3 is 10.1 Å². The fourth-order valence-electron chi connectivity index (χ4n) is 2.98. The summed E-state index contributed by atoms with van der Waals surface area (Å²) in [6.45, 7) is 5.84. The van der Waals surface area contributed by atoms with Crippen molar-refractivity contribution in [2.75, 3.05) is 11.9 Å². The molecular formula is C17H27ClN2O. The lowest BCUT2D eigenvalue weighted by Crippen LogP contribution is -2.27. The number of halogens is 1. The Kier molecular flexibility index (Phi) is 6.78. The Morgan fingerprint density at radius 1 is 1.29 bits per heavy atom. The van der Waals surface area contributed by atoms with E-state index < -0.39 is 0 Å². The van der Waals surface area contributed by atoms with Crippen LogP contribution in [0.2, 0.25) is 5.02 Å². The van der Waals surface area contributed by atoms with Crippen LogP contribution in [0.1, 0.15) is 58.1 Å². The summed E-state index contributed by atoms with van der Waals surface area (Å²) in [5.74, 6) is 1.58. The summed E-state index contributed by atoms with van der Waals surface area (Å²) in [5.41, 5.74) is 0.846. The molecule has 0 aliphatic heterocycles. The molecule has 0 saturated heterocycles. The van der Waals surface area contributed by atoms with E-state index in [2.05, 4.69) is 24.1 Å². The monoisotopic (exact) mass is 310 g/mol. The highest BCUT2D eigenvalue weighted by Crippen LogP contribution is 2.30. The lowest BCUT2D eigenvalue weighted by atomic mass is 9.85. The van der Waals surface area contributed by atoms with Gasteiger partial charge in [-0.05, 0) is 37.3 Å². The summed E-state index contributed by atoms with van der Waals surface area (Å²) in [4.78, 5) is 4.58. The molecule has 1 heterocycles. The maximum absolute atomic E-state index is 6.25. The van der Waals surface area contributed by atoms with Crippen LogP contribution in [-0.2, 0) is 11.3 Å². The van der Waals surface area contributed by atoms with Crippen LogP contribution >= 0.6 is 11.6 Å². The zero-order valence-electron chi connectivity index (χ0n) is 13.2. The highest BCUT2D eigenvalue weighted by molar-refractivity contribution is 6.31.